The van der Waals surface area contributed by atoms with Crippen LogP contribution in [0.4, 0.5) is 0 Å². The van der Waals surface area contributed by atoms with Crippen molar-refractivity contribution in [3.8, 4) is 0 Å². The smallest absolute Gasteiger partial charge is 0.326 e. The van der Waals surface area contributed by atoms with Crippen LogP contribution in [-0.4, -0.2) is 48.1 Å². The van der Waals surface area contributed by atoms with Crippen LogP contribution in [0.1, 0.15) is 48.9 Å². The van der Waals surface area contributed by atoms with E-state index >= 15 is 0 Å². The molecular formula is C17H21NO5S. The first-order valence-corrected chi connectivity index (χ1v) is 9.83. The maximum atomic E-state index is 12.5. The fourth-order valence-electron chi connectivity index (χ4n) is 3.61. The van der Waals surface area contributed by atoms with Gasteiger partial charge in [-0.25, -0.2) is 13.2 Å². The van der Waals surface area contributed by atoms with E-state index in [4.69, 9.17) is 0 Å². The molecule has 1 N–H and O–H groups in total. The Bertz CT molecular complexity index is 735. The van der Waals surface area contributed by atoms with Gasteiger partial charge in [0.2, 0.25) is 0 Å². The number of likely N-dealkylation sites (tertiary alicyclic amines) is 1. The maximum Gasteiger partial charge on any atom is 0.326 e. The zero-order valence-electron chi connectivity index (χ0n) is 13.3. The number of carboxylic acids is 1. The predicted molar refractivity (Wildman–Crippen MR) is 87.6 cm³/mol. The molecule has 1 saturated carbocycles. The number of amides is 1. The van der Waals surface area contributed by atoms with E-state index in [2.05, 4.69) is 0 Å². The Morgan fingerprint density at radius 2 is 1.62 bits per heavy atom. The molecule has 1 saturated heterocycles. The van der Waals surface area contributed by atoms with Crippen molar-refractivity contribution < 1.29 is 23.1 Å². The van der Waals surface area contributed by atoms with E-state index in [-0.39, 0.29) is 16.1 Å². The van der Waals surface area contributed by atoms with Crippen LogP contribution >= 0.6 is 0 Å². The molecule has 6 nitrogen and oxygen atoms in total. The molecule has 1 atom stereocenters. The molecule has 24 heavy (non-hydrogen) atoms. The average Bonchev–Trinajstić information content (AvgIpc) is 3.25. The molecule has 0 bridgehead atoms. The minimum absolute atomic E-state index is 0.238. The summed E-state index contributed by atoms with van der Waals surface area (Å²) in [6.07, 6.45) is 4.37. The SMILES string of the molecule is O=C(O)[C@H]1CCCN1C(=O)c1ccc(S(=O)(=O)C2CCCC2)cc1. The minimum atomic E-state index is -3.34. The van der Waals surface area contributed by atoms with Gasteiger partial charge in [-0.05, 0) is 49.9 Å². The number of hydrogen-bond donors (Lipinski definition) is 1. The van der Waals surface area contributed by atoms with Crippen molar-refractivity contribution in [3.63, 3.8) is 0 Å². The van der Waals surface area contributed by atoms with Crippen molar-refractivity contribution in [1.82, 2.24) is 4.90 Å². The lowest BCUT2D eigenvalue weighted by molar-refractivity contribution is -0.141. The Hall–Kier alpha value is -1.89. The lowest BCUT2D eigenvalue weighted by Gasteiger charge is -2.21. The van der Waals surface area contributed by atoms with Crippen LogP contribution in [-0.2, 0) is 14.6 Å². The minimum Gasteiger partial charge on any atom is -0.480 e. The zero-order valence-corrected chi connectivity index (χ0v) is 14.2. The van der Waals surface area contributed by atoms with Gasteiger partial charge in [0.15, 0.2) is 9.84 Å². The summed E-state index contributed by atoms with van der Waals surface area (Å²) in [6, 6.07) is 5.11. The number of carbonyl (C=O) groups excluding carboxylic acids is 1. The molecule has 0 spiro atoms. The molecule has 0 aromatic heterocycles. The van der Waals surface area contributed by atoms with Crippen molar-refractivity contribution in [2.45, 2.75) is 54.7 Å². The molecule has 7 heteroatoms. The van der Waals surface area contributed by atoms with E-state index in [1.807, 2.05) is 0 Å². The summed E-state index contributed by atoms with van der Waals surface area (Å²) in [5.74, 6) is -1.36. The van der Waals surface area contributed by atoms with Crippen molar-refractivity contribution in [1.29, 1.82) is 0 Å². The summed E-state index contributed by atoms with van der Waals surface area (Å²) in [4.78, 5) is 25.3. The fourth-order valence-corrected chi connectivity index (χ4v) is 5.46. The topological polar surface area (TPSA) is 91.8 Å². The molecule has 130 valence electrons. The zero-order chi connectivity index (χ0) is 17.3. The number of rotatable bonds is 4. The highest BCUT2D eigenvalue weighted by molar-refractivity contribution is 7.92. The molecule has 1 aliphatic heterocycles. The Kier molecular flexibility index (Phi) is 4.62. The Balaban J connectivity index is 1.79. The Labute approximate surface area is 141 Å². The third kappa shape index (κ3) is 3.05. The maximum absolute atomic E-state index is 12.5. The summed E-state index contributed by atoms with van der Waals surface area (Å²) >= 11 is 0. The van der Waals surface area contributed by atoms with Crippen LogP contribution in [0.25, 0.3) is 0 Å². The molecule has 1 aliphatic carbocycles. The van der Waals surface area contributed by atoms with Crippen LogP contribution < -0.4 is 0 Å². The highest BCUT2D eigenvalue weighted by Crippen LogP contribution is 2.30. The molecule has 2 aliphatic rings. The first kappa shape index (κ1) is 17.0. The van der Waals surface area contributed by atoms with Crippen molar-refractivity contribution >= 4 is 21.7 Å². The standard InChI is InChI=1S/C17H21NO5S/c19-16(18-11-3-6-15(18)17(20)21)12-7-9-14(10-8-12)24(22,23)13-4-1-2-5-13/h7-10,13,15H,1-6,11H2,(H,20,21)/t15-/m1/s1. The average molecular weight is 351 g/mol. The van der Waals surface area contributed by atoms with Crippen LogP contribution in [0, 0.1) is 0 Å². The third-order valence-corrected chi connectivity index (χ3v) is 7.25. The number of sulfone groups is 1. The van der Waals surface area contributed by atoms with Gasteiger partial charge in [-0.1, -0.05) is 12.8 Å². The van der Waals surface area contributed by atoms with E-state index in [1.165, 1.54) is 29.2 Å². The lowest BCUT2D eigenvalue weighted by atomic mass is 10.1. The molecular weight excluding hydrogens is 330 g/mol. The van der Waals surface area contributed by atoms with Crippen LogP contribution in [0.3, 0.4) is 0 Å². The Morgan fingerprint density at radius 3 is 2.21 bits per heavy atom. The molecule has 0 unspecified atom stereocenters. The number of nitrogens with zero attached hydrogens (tertiary/aromatic N) is 1. The molecule has 1 aromatic rings. The molecule has 0 radical (unpaired) electrons. The second-order valence-electron chi connectivity index (χ2n) is 6.47. The van der Waals surface area contributed by atoms with Gasteiger partial charge in [0.25, 0.3) is 5.91 Å². The van der Waals surface area contributed by atoms with Gasteiger partial charge in [0.1, 0.15) is 6.04 Å². The van der Waals surface area contributed by atoms with E-state index in [1.54, 1.807) is 0 Å². The lowest BCUT2D eigenvalue weighted by Crippen LogP contribution is -2.40. The summed E-state index contributed by atoms with van der Waals surface area (Å²) in [5, 5.41) is 8.85. The van der Waals surface area contributed by atoms with Crippen LogP contribution in [0.2, 0.25) is 0 Å². The molecule has 3 rings (SSSR count). The van der Waals surface area contributed by atoms with Gasteiger partial charge in [-0.3, -0.25) is 4.79 Å². The predicted octanol–water partition coefficient (Wildman–Crippen LogP) is 2.09. The summed E-state index contributed by atoms with van der Waals surface area (Å²) in [6.45, 7) is 0.415. The van der Waals surface area contributed by atoms with E-state index in [9.17, 15) is 23.1 Å². The number of carbonyl (C=O) groups is 2. The van der Waals surface area contributed by atoms with E-state index in [0.29, 0.717) is 37.8 Å². The molecule has 1 heterocycles. The first-order chi connectivity index (χ1) is 11.4. The number of carboxylic acid groups (broad SMARTS) is 1. The normalized spacial score (nSPS) is 22.0. The first-order valence-electron chi connectivity index (χ1n) is 8.29. The van der Waals surface area contributed by atoms with Gasteiger partial charge in [0.05, 0.1) is 10.1 Å². The highest BCUT2D eigenvalue weighted by atomic mass is 32.2. The number of hydrogen-bond acceptors (Lipinski definition) is 4. The number of benzene rings is 1. The summed E-state index contributed by atoms with van der Waals surface area (Å²) in [7, 11) is -3.34. The number of aliphatic carboxylic acids is 1. The van der Waals surface area contributed by atoms with Gasteiger partial charge < -0.3 is 10.0 Å². The van der Waals surface area contributed by atoms with Crippen molar-refractivity contribution in [2.24, 2.45) is 0 Å². The Morgan fingerprint density at radius 1 is 1.00 bits per heavy atom. The van der Waals surface area contributed by atoms with Crippen LogP contribution in [0.5, 0.6) is 0 Å². The van der Waals surface area contributed by atoms with E-state index in [0.717, 1.165) is 12.8 Å². The quantitative estimate of drug-likeness (QED) is 0.897. The largest absolute Gasteiger partial charge is 0.480 e. The third-order valence-electron chi connectivity index (χ3n) is 4.97. The van der Waals surface area contributed by atoms with Gasteiger partial charge >= 0.3 is 5.97 Å². The second-order valence-corrected chi connectivity index (χ2v) is 8.70. The molecule has 2 fully saturated rings. The van der Waals surface area contributed by atoms with Gasteiger partial charge in [0, 0.05) is 12.1 Å². The van der Waals surface area contributed by atoms with Gasteiger partial charge in [-0.2, -0.15) is 0 Å². The monoisotopic (exact) mass is 351 g/mol. The fraction of sp³-hybridized carbons (Fsp3) is 0.529. The second kappa shape index (κ2) is 6.55. The summed E-state index contributed by atoms with van der Waals surface area (Å²) < 4.78 is 25.1. The van der Waals surface area contributed by atoms with E-state index < -0.39 is 21.8 Å². The van der Waals surface area contributed by atoms with Crippen molar-refractivity contribution in [2.75, 3.05) is 6.54 Å². The van der Waals surface area contributed by atoms with Gasteiger partial charge in [-0.15, -0.1) is 0 Å². The molecule has 1 amide bonds. The highest BCUT2D eigenvalue weighted by Gasteiger charge is 2.35. The summed E-state index contributed by atoms with van der Waals surface area (Å²) in [5.41, 5.74) is 0.327. The van der Waals surface area contributed by atoms with Crippen LogP contribution in [0.15, 0.2) is 29.2 Å². The molecule has 1 aromatic carbocycles. The van der Waals surface area contributed by atoms with Crippen molar-refractivity contribution in [3.05, 3.63) is 29.8 Å².